The number of halogens is 1. The highest BCUT2D eigenvalue weighted by Gasteiger charge is 2.32. The summed E-state index contributed by atoms with van der Waals surface area (Å²) >= 11 is 6.54. The fourth-order valence-corrected chi connectivity index (χ4v) is 4.72. The third-order valence-electron chi connectivity index (χ3n) is 6.40. The van der Waals surface area contributed by atoms with Gasteiger partial charge in [-0.3, -0.25) is 4.79 Å². The number of rotatable bonds is 5. The van der Waals surface area contributed by atoms with E-state index in [0.29, 0.717) is 49.1 Å². The monoisotopic (exact) mass is 470 g/mol. The van der Waals surface area contributed by atoms with E-state index < -0.39 is 0 Å². The molecule has 3 N–H and O–H groups in total. The zero-order chi connectivity index (χ0) is 23.2. The molecule has 0 radical (unpaired) electrons. The fraction of sp³-hybridized carbons (Fsp3) is 0.440. The van der Waals surface area contributed by atoms with Gasteiger partial charge in [-0.15, -0.1) is 0 Å². The van der Waals surface area contributed by atoms with Gasteiger partial charge in [0.25, 0.3) is 5.91 Å². The third-order valence-corrected chi connectivity index (χ3v) is 6.77. The molecule has 0 spiro atoms. The number of nitrogens with one attached hydrogen (secondary N) is 1. The first-order valence-corrected chi connectivity index (χ1v) is 11.9. The standard InChI is InChI=1S/C25H31ClN4O3/c26-21-11-10-20(28-25(32)29-12-14-33-15-13-29)16-19(21)17-30(23-9-5-4-8-22(23)27)24(31)18-6-2-1-3-7-18/h1-3,6-7,10-11,16,22-23H,4-5,8-9,12-15,17,27H2,(H,28,32). The van der Waals surface area contributed by atoms with Crippen LogP contribution in [0.25, 0.3) is 0 Å². The molecule has 1 heterocycles. The minimum atomic E-state index is -0.168. The summed E-state index contributed by atoms with van der Waals surface area (Å²) in [7, 11) is 0. The van der Waals surface area contributed by atoms with Gasteiger partial charge in [0.2, 0.25) is 0 Å². The predicted molar refractivity (Wildman–Crippen MR) is 129 cm³/mol. The van der Waals surface area contributed by atoms with E-state index in [2.05, 4.69) is 5.32 Å². The van der Waals surface area contributed by atoms with Crippen LogP contribution in [-0.4, -0.2) is 60.1 Å². The van der Waals surface area contributed by atoms with Crippen molar-refractivity contribution in [3.63, 3.8) is 0 Å². The van der Waals surface area contributed by atoms with Crippen LogP contribution < -0.4 is 11.1 Å². The lowest BCUT2D eigenvalue weighted by Gasteiger charge is -2.38. The third kappa shape index (κ3) is 5.85. The molecular weight excluding hydrogens is 440 g/mol. The van der Waals surface area contributed by atoms with E-state index in [9.17, 15) is 9.59 Å². The number of benzene rings is 2. The molecule has 2 aromatic carbocycles. The predicted octanol–water partition coefficient (Wildman–Crippen LogP) is 4.12. The highest BCUT2D eigenvalue weighted by atomic mass is 35.5. The molecule has 2 atom stereocenters. The summed E-state index contributed by atoms with van der Waals surface area (Å²) in [5.74, 6) is -0.0585. The molecule has 4 rings (SSSR count). The van der Waals surface area contributed by atoms with Gasteiger partial charge in [0.1, 0.15) is 0 Å². The Morgan fingerprint density at radius 2 is 1.82 bits per heavy atom. The van der Waals surface area contributed by atoms with Gasteiger partial charge in [0.15, 0.2) is 0 Å². The van der Waals surface area contributed by atoms with Gasteiger partial charge >= 0.3 is 6.03 Å². The van der Waals surface area contributed by atoms with Crippen molar-refractivity contribution in [2.75, 3.05) is 31.6 Å². The maximum absolute atomic E-state index is 13.5. The quantitative estimate of drug-likeness (QED) is 0.688. The second-order valence-corrected chi connectivity index (χ2v) is 9.06. The Hall–Kier alpha value is -2.61. The van der Waals surface area contributed by atoms with Gasteiger partial charge in [-0.25, -0.2) is 4.79 Å². The zero-order valence-corrected chi connectivity index (χ0v) is 19.5. The summed E-state index contributed by atoms with van der Waals surface area (Å²) in [5, 5.41) is 3.50. The molecule has 0 bridgehead atoms. The van der Waals surface area contributed by atoms with E-state index in [4.69, 9.17) is 22.1 Å². The van der Waals surface area contributed by atoms with Gasteiger partial charge in [0.05, 0.1) is 13.2 Å². The number of anilines is 1. The summed E-state index contributed by atoms with van der Waals surface area (Å²) in [6.45, 7) is 2.53. The van der Waals surface area contributed by atoms with Gasteiger partial charge in [0, 0.05) is 48.0 Å². The molecule has 1 aliphatic heterocycles. The number of nitrogens with two attached hydrogens (primary N) is 1. The fourth-order valence-electron chi connectivity index (χ4n) is 4.54. The number of hydrogen-bond acceptors (Lipinski definition) is 4. The molecule has 2 unspecified atom stereocenters. The number of nitrogens with zero attached hydrogens (tertiary/aromatic N) is 2. The first kappa shape index (κ1) is 23.5. The Balaban J connectivity index is 1.56. The molecular formula is C25H31ClN4O3. The molecule has 1 aliphatic carbocycles. The average molecular weight is 471 g/mol. The van der Waals surface area contributed by atoms with Crippen LogP contribution in [0.4, 0.5) is 10.5 Å². The van der Waals surface area contributed by atoms with E-state index in [0.717, 1.165) is 31.2 Å². The van der Waals surface area contributed by atoms with Crippen molar-refractivity contribution in [3.8, 4) is 0 Å². The Kier molecular flexibility index (Phi) is 7.85. The molecule has 176 valence electrons. The summed E-state index contributed by atoms with van der Waals surface area (Å²) in [6, 6.07) is 14.3. The molecule has 1 saturated heterocycles. The highest BCUT2D eigenvalue weighted by molar-refractivity contribution is 6.31. The van der Waals surface area contributed by atoms with E-state index in [-0.39, 0.29) is 24.0 Å². The van der Waals surface area contributed by atoms with Crippen LogP contribution in [0, 0.1) is 0 Å². The molecule has 1 saturated carbocycles. The molecule has 0 aromatic heterocycles. The van der Waals surface area contributed by atoms with Crippen molar-refractivity contribution in [2.24, 2.45) is 5.73 Å². The number of carbonyl (C=O) groups is 2. The first-order valence-electron chi connectivity index (χ1n) is 11.6. The van der Waals surface area contributed by atoms with Crippen molar-refractivity contribution < 1.29 is 14.3 Å². The van der Waals surface area contributed by atoms with Crippen LogP contribution in [0.5, 0.6) is 0 Å². The van der Waals surface area contributed by atoms with E-state index >= 15 is 0 Å². The van der Waals surface area contributed by atoms with Crippen LogP contribution in [0.1, 0.15) is 41.6 Å². The van der Waals surface area contributed by atoms with Crippen molar-refractivity contribution in [1.82, 2.24) is 9.80 Å². The molecule has 7 nitrogen and oxygen atoms in total. The highest BCUT2D eigenvalue weighted by Crippen LogP contribution is 2.28. The average Bonchev–Trinajstić information content (AvgIpc) is 2.85. The molecule has 33 heavy (non-hydrogen) atoms. The van der Waals surface area contributed by atoms with Crippen molar-refractivity contribution in [3.05, 3.63) is 64.7 Å². The number of amides is 3. The minimum Gasteiger partial charge on any atom is -0.378 e. The largest absolute Gasteiger partial charge is 0.378 e. The number of hydrogen-bond donors (Lipinski definition) is 2. The van der Waals surface area contributed by atoms with Crippen LogP contribution in [0.2, 0.25) is 5.02 Å². The molecule has 8 heteroatoms. The maximum atomic E-state index is 13.5. The van der Waals surface area contributed by atoms with Crippen LogP contribution >= 0.6 is 11.6 Å². The lowest BCUT2D eigenvalue weighted by atomic mass is 9.89. The van der Waals surface area contributed by atoms with Gasteiger partial charge in [-0.05, 0) is 48.7 Å². The number of carbonyl (C=O) groups excluding carboxylic acids is 2. The second-order valence-electron chi connectivity index (χ2n) is 8.65. The van der Waals surface area contributed by atoms with Gasteiger partial charge in [-0.1, -0.05) is 42.6 Å². The number of urea groups is 1. The Labute approximate surface area is 199 Å². The lowest BCUT2D eigenvalue weighted by molar-refractivity contribution is 0.0564. The minimum absolute atomic E-state index is 0.0585. The summed E-state index contributed by atoms with van der Waals surface area (Å²) in [6.07, 6.45) is 3.88. The Bertz CT molecular complexity index is 965. The van der Waals surface area contributed by atoms with Crippen LogP contribution in [-0.2, 0) is 11.3 Å². The van der Waals surface area contributed by atoms with E-state index in [1.54, 1.807) is 17.0 Å². The Morgan fingerprint density at radius 3 is 2.55 bits per heavy atom. The zero-order valence-electron chi connectivity index (χ0n) is 18.7. The van der Waals surface area contributed by atoms with E-state index in [1.807, 2.05) is 41.3 Å². The molecule has 2 fully saturated rings. The SMILES string of the molecule is NC1CCCCC1N(Cc1cc(NC(=O)N2CCOCC2)ccc1Cl)C(=O)c1ccccc1. The van der Waals surface area contributed by atoms with Gasteiger partial charge < -0.3 is 25.6 Å². The van der Waals surface area contributed by atoms with Crippen LogP contribution in [0.3, 0.4) is 0 Å². The maximum Gasteiger partial charge on any atom is 0.321 e. The molecule has 2 aliphatic rings. The summed E-state index contributed by atoms with van der Waals surface area (Å²) in [4.78, 5) is 29.7. The number of morpholine rings is 1. The van der Waals surface area contributed by atoms with Gasteiger partial charge in [-0.2, -0.15) is 0 Å². The van der Waals surface area contributed by atoms with Crippen molar-refractivity contribution >= 4 is 29.2 Å². The van der Waals surface area contributed by atoms with Crippen molar-refractivity contribution in [2.45, 2.75) is 44.3 Å². The van der Waals surface area contributed by atoms with E-state index in [1.165, 1.54) is 0 Å². The summed E-state index contributed by atoms with van der Waals surface area (Å²) in [5.41, 5.74) is 8.51. The van der Waals surface area contributed by atoms with Crippen molar-refractivity contribution in [1.29, 1.82) is 0 Å². The number of ether oxygens (including phenoxy) is 1. The molecule has 2 aromatic rings. The summed E-state index contributed by atoms with van der Waals surface area (Å²) < 4.78 is 5.32. The Morgan fingerprint density at radius 1 is 1.09 bits per heavy atom. The normalized spacial score (nSPS) is 20.8. The van der Waals surface area contributed by atoms with Crippen LogP contribution in [0.15, 0.2) is 48.5 Å². The smallest absolute Gasteiger partial charge is 0.321 e. The molecule has 3 amide bonds. The topological polar surface area (TPSA) is 87.9 Å². The second kappa shape index (κ2) is 11.0. The lowest BCUT2D eigenvalue weighted by Crippen LogP contribution is -2.51. The first-order chi connectivity index (χ1) is 16.0.